The van der Waals surface area contributed by atoms with E-state index in [2.05, 4.69) is 21.7 Å². The van der Waals surface area contributed by atoms with Crippen molar-refractivity contribution in [2.75, 3.05) is 13.7 Å². The van der Waals surface area contributed by atoms with E-state index in [0.29, 0.717) is 13.0 Å². The largest absolute Gasteiger partial charge is 0.497 e. The van der Waals surface area contributed by atoms with E-state index < -0.39 is 5.54 Å². The second-order valence-corrected chi connectivity index (χ2v) is 7.59. The SMILES string of the molecule is COc1ccc(/C=C/C(=O)NC(C)(C)C(=O)NCCc2c[nH]c3ccccc23)cc1. The molecule has 0 unspecified atom stereocenters. The first-order valence-electron chi connectivity index (χ1n) is 9.86. The molecule has 0 fully saturated rings. The summed E-state index contributed by atoms with van der Waals surface area (Å²) in [6, 6.07) is 15.4. The molecule has 0 aliphatic heterocycles. The number of methoxy groups -OCH3 is 1. The first-order valence-corrected chi connectivity index (χ1v) is 9.86. The van der Waals surface area contributed by atoms with Crippen LogP contribution in [0.25, 0.3) is 17.0 Å². The van der Waals surface area contributed by atoms with Crippen molar-refractivity contribution in [3.63, 3.8) is 0 Å². The molecule has 0 bridgehead atoms. The highest BCUT2D eigenvalue weighted by Crippen LogP contribution is 2.18. The van der Waals surface area contributed by atoms with E-state index in [1.165, 1.54) is 6.08 Å². The Hall–Kier alpha value is -3.54. The molecule has 3 rings (SSSR count). The maximum atomic E-state index is 12.6. The van der Waals surface area contributed by atoms with Gasteiger partial charge in [0.15, 0.2) is 0 Å². The predicted octanol–water partition coefficient (Wildman–Crippen LogP) is 3.44. The molecule has 30 heavy (non-hydrogen) atoms. The summed E-state index contributed by atoms with van der Waals surface area (Å²) in [7, 11) is 1.60. The van der Waals surface area contributed by atoms with Crippen molar-refractivity contribution in [1.82, 2.24) is 15.6 Å². The summed E-state index contributed by atoms with van der Waals surface area (Å²) in [5.41, 5.74) is 2.07. The average molecular weight is 405 g/mol. The number of carbonyl (C=O) groups excluding carboxylic acids is 2. The minimum absolute atomic E-state index is 0.228. The van der Waals surface area contributed by atoms with E-state index >= 15 is 0 Å². The van der Waals surface area contributed by atoms with Gasteiger partial charge in [-0.3, -0.25) is 9.59 Å². The first kappa shape index (κ1) is 21.2. The average Bonchev–Trinajstić information content (AvgIpc) is 3.15. The number of fused-ring (bicyclic) bond motifs is 1. The molecule has 0 saturated carbocycles. The number of amides is 2. The number of hydrogen-bond acceptors (Lipinski definition) is 3. The van der Waals surface area contributed by atoms with Crippen LogP contribution in [0.5, 0.6) is 5.75 Å². The van der Waals surface area contributed by atoms with Crippen LogP contribution in [-0.2, 0) is 16.0 Å². The van der Waals surface area contributed by atoms with Crippen LogP contribution in [0.4, 0.5) is 0 Å². The second kappa shape index (κ2) is 9.31. The Morgan fingerprint density at radius 2 is 1.83 bits per heavy atom. The monoisotopic (exact) mass is 405 g/mol. The first-order chi connectivity index (χ1) is 14.4. The van der Waals surface area contributed by atoms with Gasteiger partial charge in [-0.05, 0) is 55.7 Å². The lowest BCUT2D eigenvalue weighted by Crippen LogP contribution is -2.54. The van der Waals surface area contributed by atoms with Crippen LogP contribution in [0.2, 0.25) is 0 Å². The Kier molecular flexibility index (Phi) is 6.57. The van der Waals surface area contributed by atoms with Crippen LogP contribution >= 0.6 is 0 Å². The molecule has 0 saturated heterocycles. The zero-order chi connectivity index (χ0) is 21.6. The number of ether oxygens (including phenoxy) is 1. The van der Waals surface area contributed by atoms with Gasteiger partial charge in [-0.25, -0.2) is 0 Å². The molecule has 3 N–H and O–H groups in total. The summed E-state index contributed by atoms with van der Waals surface area (Å²) in [6.07, 6.45) is 5.79. The van der Waals surface area contributed by atoms with Gasteiger partial charge in [0, 0.05) is 29.7 Å². The number of carbonyl (C=O) groups is 2. The third-order valence-corrected chi connectivity index (χ3v) is 4.90. The Bertz CT molecular complexity index is 1050. The van der Waals surface area contributed by atoms with Gasteiger partial charge in [0.1, 0.15) is 11.3 Å². The van der Waals surface area contributed by atoms with Gasteiger partial charge in [-0.15, -0.1) is 0 Å². The van der Waals surface area contributed by atoms with E-state index in [1.807, 2.05) is 48.7 Å². The van der Waals surface area contributed by atoms with Gasteiger partial charge in [-0.2, -0.15) is 0 Å². The molecule has 0 atom stereocenters. The number of nitrogens with one attached hydrogen (secondary N) is 3. The Morgan fingerprint density at radius 3 is 2.57 bits per heavy atom. The number of H-pyrrole nitrogens is 1. The van der Waals surface area contributed by atoms with E-state index in [9.17, 15) is 9.59 Å². The number of aromatic amines is 1. The van der Waals surface area contributed by atoms with Crippen molar-refractivity contribution in [2.45, 2.75) is 25.8 Å². The molecule has 0 spiro atoms. The van der Waals surface area contributed by atoms with Crippen LogP contribution in [0.15, 0.2) is 60.8 Å². The van der Waals surface area contributed by atoms with Gasteiger partial charge in [0.05, 0.1) is 7.11 Å². The van der Waals surface area contributed by atoms with Gasteiger partial charge in [-0.1, -0.05) is 30.3 Å². The number of hydrogen-bond donors (Lipinski definition) is 3. The maximum Gasteiger partial charge on any atom is 0.245 e. The van der Waals surface area contributed by atoms with Crippen LogP contribution in [0, 0.1) is 0 Å². The second-order valence-electron chi connectivity index (χ2n) is 7.59. The summed E-state index contributed by atoms with van der Waals surface area (Å²) >= 11 is 0. The van der Waals surface area contributed by atoms with Gasteiger partial charge < -0.3 is 20.4 Å². The summed E-state index contributed by atoms with van der Waals surface area (Å²) in [6.45, 7) is 3.86. The summed E-state index contributed by atoms with van der Waals surface area (Å²) in [4.78, 5) is 28.1. The Balaban J connectivity index is 1.50. The molecule has 1 heterocycles. The van der Waals surface area contributed by atoms with Gasteiger partial charge in [0.25, 0.3) is 0 Å². The summed E-state index contributed by atoms with van der Waals surface area (Å²) in [5, 5.41) is 6.82. The molecule has 0 radical (unpaired) electrons. The highest BCUT2D eigenvalue weighted by atomic mass is 16.5. The van der Waals surface area contributed by atoms with Crippen molar-refractivity contribution in [3.8, 4) is 5.75 Å². The summed E-state index contributed by atoms with van der Waals surface area (Å²) in [5.74, 6) is 0.193. The lowest BCUT2D eigenvalue weighted by molar-refractivity contribution is -0.130. The number of para-hydroxylation sites is 1. The van der Waals surface area contributed by atoms with Crippen LogP contribution < -0.4 is 15.4 Å². The highest BCUT2D eigenvalue weighted by Gasteiger charge is 2.28. The van der Waals surface area contributed by atoms with E-state index in [0.717, 1.165) is 27.8 Å². The van der Waals surface area contributed by atoms with Crippen LogP contribution in [0.1, 0.15) is 25.0 Å². The zero-order valence-corrected chi connectivity index (χ0v) is 17.5. The molecule has 156 valence electrons. The molecule has 6 heteroatoms. The molecule has 6 nitrogen and oxygen atoms in total. The van der Waals surface area contributed by atoms with Crippen LogP contribution in [-0.4, -0.2) is 36.0 Å². The normalized spacial score (nSPS) is 11.6. The minimum Gasteiger partial charge on any atom is -0.497 e. The predicted molar refractivity (Wildman–Crippen MR) is 119 cm³/mol. The van der Waals surface area contributed by atoms with E-state index in [1.54, 1.807) is 27.0 Å². The Labute approximate surface area is 176 Å². The molecule has 0 aliphatic rings. The van der Waals surface area contributed by atoms with Crippen molar-refractivity contribution >= 4 is 28.8 Å². The van der Waals surface area contributed by atoms with E-state index in [4.69, 9.17) is 4.74 Å². The molecule has 1 aromatic heterocycles. The standard InChI is InChI=1S/C24H27N3O3/c1-24(2,27-22(28)13-10-17-8-11-19(30-3)12-9-17)23(29)25-15-14-18-16-26-21-7-5-4-6-20(18)21/h4-13,16,26H,14-15H2,1-3H3,(H,25,29)(H,27,28)/b13-10+. The molecule has 3 aromatic rings. The summed E-state index contributed by atoms with van der Waals surface area (Å²) < 4.78 is 5.11. The lowest BCUT2D eigenvalue weighted by atomic mass is 10.0. The number of benzene rings is 2. The highest BCUT2D eigenvalue weighted by molar-refractivity contribution is 5.97. The van der Waals surface area contributed by atoms with Crippen molar-refractivity contribution in [2.24, 2.45) is 0 Å². The number of aromatic nitrogens is 1. The lowest BCUT2D eigenvalue weighted by Gasteiger charge is -2.24. The third kappa shape index (κ3) is 5.29. The Morgan fingerprint density at radius 1 is 1.10 bits per heavy atom. The fourth-order valence-corrected chi connectivity index (χ4v) is 3.16. The van der Waals surface area contributed by atoms with E-state index in [-0.39, 0.29) is 11.8 Å². The van der Waals surface area contributed by atoms with Gasteiger partial charge in [0.2, 0.25) is 11.8 Å². The van der Waals surface area contributed by atoms with Crippen LogP contribution in [0.3, 0.4) is 0 Å². The van der Waals surface area contributed by atoms with Crippen molar-refractivity contribution in [1.29, 1.82) is 0 Å². The quantitative estimate of drug-likeness (QED) is 0.502. The molecular formula is C24H27N3O3. The van der Waals surface area contributed by atoms with Crippen molar-refractivity contribution < 1.29 is 14.3 Å². The smallest absolute Gasteiger partial charge is 0.245 e. The molecule has 2 amide bonds. The zero-order valence-electron chi connectivity index (χ0n) is 17.5. The molecule has 2 aromatic carbocycles. The van der Waals surface area contributed by atoms with Crippen molar-refractivity contribution in [3.05, 3.63) is 71.9 Å². The maximum absolute atomic E-state index is 12.6. The fraction of sp³-hybridized carbons (Fsp3) is 0.250. The topological polar surface area (TPSA) is 83.2 Å². The molecular weight excluding hydrogens is 378 g/mol. The fourth-order valence-electron chi connectivity index (χ4n) is 3.16. The molecule has 0 aliphatic carbocycles. The third-order valence-electron chi connectivity index (χ3n) is 4.90. The minimum atomic E-state index is -1.03. The number of rotatable bonds is 8. The van der Waals surface area contributed by atoms with Gasteiger partial charge >= 0.3 is 0 Å².